The average Bonchev–Trinajstić information content (AvgIpc) is 2.83. The zero-order valence-corrected chi connectivity index (χ0v) is 12.2. The van der Waals surface area contributed by atoms with Crippen molar-refractivity contribution in [2.75, 3.05) is 31.2 Å². The second-order valence-electron chi connectivity index (χ2n) is 4.01. The van der Waals surface area contributed by atoms with E-state index in [1.807, 2.05) is 20.8 Å². The second kappa shape index (κ2) is 6.21. The number of rotatable bonds is 1. The molecule has 19 heavy (non-hydrogen) atoms. The molecule has 6 heteroatoms. The van der Waals surface area contributed by atoms with Crippen LogP contribution in [0.5, 0.6) is 0 Å². The Morgan fingerprint density at radius 2 is 1.89 bits per heavy atom. The van der Waals surface area contributed by atoms with Gasteiger partial charge in [0, 0.05) is 18.7 Å². The van der Waals surface area contributed by atoms with E-state index in [0.717, 1.165) is 30.0 Å². The Morgan fingerprint density at radius 1 is 1.21 bits per heavy atom. The Bertz CT molecular complexity index is 550. The fourth-order valence-electron chi connectivity index (χ4n) is 1.98. The molecule has 3 heterocycles. The minimum Gasteiger partial charge on any atom is -0.458 e. The number of ether oxygens (including phenoxy) is 1. The molecule has 1 fully saturated rings. The van der Waals surface area contributed by atoms with Gasteiger partial charge < -0.3 is 14.1 Å². The molecule has 0 saturated carbocycles. The van der Waals surface area contributed by atoms with Crippen LogP contribution in [0.4, 0.5) is 5.82 Å². The zero-order valence-electron chi connectivity index (χ0n) is 11.4. The number of fused-ring (bicyclic) bond motifs is 1. The summed E-state index contributed by atoms with van der Waals surface area (Å²) in [4.78, 5) is 10.6. The van der Waals surface area contributed by atoms with E-state index in [-0.39, 0.29) is 5.28 Å². The highest BCUT2D eigenvalue weighted by atomic mass is 35.5. The number of halogens is 1. The van der Waals surface area contributed by atoms with Crippen molar-refractivity contribution in [3.05, 3.63) is 17.1 Å². The number of anilines is 1. The summed E-state index contributed by atoms with van der Waals surface area (Å²) in [7, 11) is 0. The third-order valence-corrected chi connectivity index (χ3v) is 3.03. The van der Waals surface area contributed by atoms with Crippen LogP contribution in [0.15, 0.2) is 10.7 Å². The molecule has 0 aliphatic carbocycles. The number of aromatic nitrogens is 2. The van der Waals surface area contributed by atoms with Crippen LogP contribution in [-0.2, 0) is 4.74 Å². The summed E-state index contributed by atoms with van der Waals surface area (Å²) >= 11 is 5.95. The molecule has 0 spiro atoms. The third kappa shape index (κ3) is 2.82. The lowest BCUT2D eigenvalue weighted by molar-refractivity contribution is 0.122. The van der Waals surface area contributed by atoms with Crippen LogP contribution in [0, 0.1) is 6.92 Å². The summed E-state index contributed by atoms with van der Waals surface area (Å²) in [5, 5.41) is 0.253. The molecule has 0 N–H and O–H groups in total. The molecule has 0 unspecified atom stereocenters. The second-order valence-corrected chi connectivity index (χ2v) is 4.35. The number of morpholine rings is 1. The van der Waals surface area contributed by atoms with E-state index < -0.39 is 0 Å². The van der Waals surface area contributed by atoms with Crippen molar-refractivity contribution in [1.82, 2.24) is 9.97 Å². The Morgan fingerprint density at radius 3 is 2.58 bits per heavy atom. The first kappa shape index (κ1) is 14.1. The molecule has 1 aliphatic heterocycles. The normalized spacial score (nSPS) is 15.3. The topological polar surface area (TPSA) is 51.4 Å². The molecule has 0 bridgehead atoms. The van der Waals surface area contributed by atoms with Crippen molar-refractivity contribution >= 4 is 28.5 Å². The molecular formula is C13H18ClN3O2. The SMILES string of the molecule is CC.Cc1coc2c(N3CCOCC3)nc(Cl)nc12. The van der Waals surface area contributed by atoms with Crippen LogP contribution in [0.1, 0.15) is 19.4 Å². The minimum absolute atomic E-state index is 0.253. The van der Waals surface area contributed by atoms with Gasteiger partial charge in [-0.1, -0.05) is 13.8 Å². The fraction of sp³-hybridized carbons (Fsp3) is 0.538. The molecule has 1 aliphatic rings. The molecule has 5 nitrogen and oxygen atoms in total. The first-order chi connectivity index (χ1) is 9.25. The molecule has 2 aromatic heterocycles. The molecule has 2 aromatic rings. The number of aryl methyl sites for hydroxylation is 1. The Kier molecular flexibility index (Phi) is 4.61. The molecule has 0 aromatic carbocycles. The van der Waals surface area contributed by atoms with E-state index >= 15 is 0 Å². The summed E-state index contributed by atoms with van der Waals surface area (Å²) in [5.74, 6) is 0.761. The van der Waals surface area contributed by atoms with Gasteiger partial charge in [0.1, 0.15) is 5.52 Å². The molecule has 3 rings (SSSR count). The van der Waals surface area contributed by atoms with Crippen LogP contribution >= 0.6 is 11.6 Å². The van der Waals surface area contributed by atoms with E-state index in [0.29, 0.717) is 18.8 Å². The van der Waals surface area contributed by atoms with Crippen molar-refractivity contribution < 1.29 is 9.15 Å². The third-order valence-electron chi connectivity index (χ3n) is 2.86. The number of nitrogens with zero attached hydrogens (tertiary/aromatic N) is 3. The van der Waals surface area contributed by atoms with Crippen LogP contribution in [-0.4, -0.2) is 36.3 Å². The lowest BCUT2D eigenvalue weighted by atomic mass is 10.3. The zero-order chi connectivity index (χ0) is 13.8. The van der Waals surface area contributed by atoms with Crippen molar-refractivity contribution in [2.45, 2.75) is 20.8 Å². The summed E-state index contributed by atoms with van der Waals surface area (Å²) < 4.78 is 10.8. The van der Waals surface area contributed by atoms with E-state index in [1.54, 1.807) is 6.26 Å². The van der Waals surface area contributed by atoms with Crippen LogP contribution < -0.4 is 4.90 Å². The summed E-state index contributed by atoms with van der Waals surface area (Å²) in [6.07, 6.45) is 1.68. The molecule has 0 radical (unpaired) electrons. The maximum atomic E-state index is 5.95. The van der Waals surface area contributed by atoms with E-state index in [2.05, 4.69) is 14.9 Å². The fourth-order valence-corrected chi connectivity index (χ4v) is 2.15. The van der Waals surface area contributed by atoms with Crippen LogP contribution in [0.3, 0.4) is 0 Å². The highest BCUT2D eigenvalue weighted by molar-refractivity contribution is 6.28. The Hall–Kier alpha value is -1.33. The van der Waals surface area contributed by atoms with Gasteiger partial charge in [0.2, 0.25) is 5.28 Å². The lowest BCUT2D eigenvalue weighted by Crippen LogP contribution is -2.36. The van der Waals surface area contributed by atoms with Crippen molar-refractivity contribution in [2.24, 2.45) is 0 Å². The first-order valence-corrected chi connectivity index (χ1v) is 6.87. The first-order valence-electron chi connectivity index (χ1n) is 6.50. The van der Waals surface area contributed by atoms with Crippen LogP contribution in [0.2, 0.25) is 5.28 Å². The van der Waals surface area contributed by atoms with Gasteiger partial charge in [0.25, 0.3) is 0 Å². The quantitative estimate of drug-likeness (QED) is 0.753. The van der Waals surface area contributed by atoms with Gasteiger partial charge in [0.05, 0.1) is 19.5 Å². The van der Waals surface area contributed by atoms with Gasteiger partial charge in [-0.3, -0.25) is 0 Å². The average molecular weight is 284 g/mol. The van der Waals surface area contributed by atoms with Crippen molar-refractivity contribution in [3.8, 4) is 0 Å². The summed E-state index contributed by atoms with van der Waals surface area (Å²) in [6, 6.07) is 0. The molecule has 0 amide bonds. The highest BCUT2D eigenvalue weighted by Gasteiger charge is 2.20. The molecular weight excluding hydrogens is 266 g/mol. The summed E-state index contributed by atoms with van der Waals surface area (Å²) in [5.41, 5.74) is 2.46. The predicted molar refractivity (Wildman–Crippen MR) is 75.9 cm³/mol. The lowest BCUT2D eigenvalue weighted by Gasteiger charge is -2.27. The van der Waals surface area contributed by atoms with Gasteiger partial charge in [-0.15, -0.1) is 0 Å². The number of furan rings is 1. The number of hydrogen-bond acceptors (Lipinski definition) is 5. The number of hydrogen-bond donors (Lipinski definition) is 0. The van der Waals surface area contributed by atoms with Gasteiger partial charge in [-0.2, -0.15) is 4.98 Å². The van der Waals surface area contributed by atoms with E-state index in [4.69, 9.17) is 20.8 Å². The smallest absolute Gasteiger partial charge is 0.225 e. The Labute approximate surface area is 117 Å². The molecule has 0 atom stereocenters. The minimum atomic E-state index is 0.253. The van der Waals surface area contributed by atoms with E-state index in [9.17, 15) is 0 Å². The van der Waals surface area contributed by atoms with Crippen LogP contribution in [0.25, 0.3) is 11.1 Å². The maximum absolute atomic E-state index is 5.95. The highest BCUT2D eigenvalue weighted by Crippen LogP contribution is 2.29. The van der Waals surface area contributed by atoms with Crippen molar-refractivity contribution in [3.63, 3.8) is 0 Å². The van der Waals surface area contributed by atoms with Crippen molar-refractivity contribution in [1.29, 1.82) is 0 Å². The molecule has 104 valence electrons. The monoisotopic (exact) mass is 283 g/mol. The van der Waals surface area contributed by atoms with Gasteiger partial charge in [0.15, 0.2) is 11.4 Å². The standard InChI is InChI=1S/C11H12ClN3O2.C2H6/c1-7-6-17-9-8(7)13-11(12)14-10(9)15-2-4-16-5-3-15;1-2/h6H,2-5H2,1H3;1-2H3. The molecule has 1 saturated heterocycles. The predicted octanol–water partition coefficient (Wildman–Crippen LogP) is 3.05. The maximum Gasteiger partial charge on any atom is 0.225 e. The van der Waals surface area contributed by atoms with Gasteiger partial charge in [-0.25, -0.2) is 4.98 Å². The van der Waals surface area contributed by atoms with Gasteiger partial charge >= 0.3 is 0 Å². The summed E-state index contributed by atoms with van der Waals surface area (Å²) in [6.45, 7) is 8.92. The van der Waals surface area contributed by atoms with E-state index in [1.165, 1.54) is 0 Å². The van der Waals surface area contributed by atoms with Gasteiger partial charge in [-0.05, 0) is 18.5 Å². The Balaban J connectivity index is 0.000000637. The largest absolute Gasteiger partial charge is 0.458 e.